The quantitative estimate of drug-likeness (QED) is 0.842. The summed E-state index contributed by atoms with van der Waals surface area (Å²) in [7, 11) is 0. The Hall–Kier alpha value is -1.84. The number of hydrogen-bond donors (Lipinski definition) is 1. The molecule has 0 spiro atoms. The molecule has 0 bridgehead atoms. The van der Waals surface area contributed by atoms with Crippen LogP contribution in [0.1, 0.15) is 44.5 Å². The Morgan fingerprint density at radius 1 is 1.29 bits per heavy atom. The molecule has 1 atom stereocenters. The molecule has 4 heteroatoms. The number of nitrogens with zero attached hydrogens (tertiary/aromatic N) is 1. The van der Waals surface area contributed by atoms with Crippen molar-refractivity contribution < 1.29 is 9.59 Å². The van der Waals surface area contributed by atoms with Crippen molar-refractivity contribution in [2.75, 3.05) is 18.4 Å². The maximum absolute atomic E-state index is 12.3. The summed E-state index contributed by atoms with van der Waals surface area (Å²) < 4.78 is 0. The zero-order valence-electron chi connectivity index (χ0n) is 13.3. The van der Waals surface area contributed by atoms with Crippen LogP contribution < -0.4 is 5.32 Å². The summed E-state index contributed by atoms with van der Waals surface area (Å²) in [5, 5.41) is 2.89. The second kappa shape index (κ2) is 5.88. The molecule has 1 fully saturated rings. The molecular weight excluding hydrogens is 264 g/mol. The number of urea groups is 1. The molecule has 2 rings (SSSR count). The van der Waals surface area contributed by atoms with Crippen LogP contribution in [0, 0.1) is 11.3 Å². The third kappa shape index (κ3) is 3.84. The number of likely N-dealkylation sites (tertiary alicyclic amines) is 1. The molecule has 1 aromatic carbocycles. The van der Waals surface area contributed by atoms with Crippen molar-refractivity contribution in [1.29, 1.82) is 0 Å². The summed E-state index contributed by atoms with van der Waals surface area (Å²) in [5.41, 5.74) is 1.51. The molecule has 0 aromatic heterocycles. The van der Waals surface area contributed by atoms with Crippen LogP contribution in [0.5, 0.6) is 0 Å². The van der Waals surface area contributed by atoms with Gasteiger partial charge in [0.1, 0.15) is 0 Å². The highest BCUT2D eigenvalue weighted by molar-refractivity contribution is 5.96. The van der Waals surface area contributed by atoms with Gasteiger partial charge in [-0.1, -0.05) is 32.9 Å². The Kier molecular flexibility index (Phi) is 4.35. The number of amides is 2. The van der Waals surface area contributed by atoms with Gasteiger partial charge >= 0.3 is 6.03 Å². The second-order valence-electron chi connectivity index (χ2n) is 6.86. The predicted octanol–water partition coefficient (Wildman–Crippen LogP) is 3.79. The summed E-state index contributed by atoms with van der Waals surface area (Å²) in [4.78, 5) is 25.5. The van der Waals surface area contributed by atoms with E-state index in [4.69, 9.17) is 0 Å². The molecule has 21 heavy (non-hydrogen) atoms. The fraction of sp³-hybridized carbons (Fsp3) is 0.529. The van der Waals surface area contributed by atoms with Gasteiger partial charge in [0.05, 0.1) is 0 Å². The normalized spacial score (nSPS) is 18.7. The lowest BCUT2D eigenvalue weighted by Crippen LogP contribution is -2.34. The van der Waals surface area contributed by atoms with E-state index in [0.717, 1.165) is 19.5 Å². The molecule has 1 saturated heterocycles. The lowest BCUT2D eigenvalue weighted by Gasteiger charge is -2.27. The highest BCUT2D eigenvalue weighted by atomic mass is 16.2. The SMILES string of the molecule is CC(=O)c1cccc(NC(=O)N2CCC(C(C)(C)C)C2)c1. The minimum atomic E-state index is -0.0811. The molecule has 1 unspecified atom stereocenters. The number of ketones is 1. The van der Waals surface area contributed by atoms with Gasteiger partial charge < -0.3 is 10.2 Å². The predicted molar refractivity (Wildman–Crippen MR) is 84.6 cm³/mol. The van der Waals surface area contributed by atoms with Crippen LogP contribution in [0.4, 0.5) is 10.5 Å². The van der Waals surface area contributed by atoms with Gasteiger partial charge in [-0.25, -0.2) is 4.79 Å². The first-order valence-corrected chi connectivity index (χ1v) is 7.44. The van der Waals surface area contributed by atoms with Crippen molar-refractivity contribution in [1.82, 2.24) is 4.90 Å². The summed E-state index contributed by atoms with van der Waals surface area (Å²) in [5.74, 6) is 0.534. The van der Waals surface area contributed by atoms with E-state index >= 15 is 0 Å². The first kappa shape index (κ1) is 15.5. The lowest BCUT2D eigenvalue weighted by molar-refractivity contribution is 0.101. The molecule has 1 aliphatic rings. The lowest BCUT2D eigenvalue weighted by atomic mass is 9.80. The van der Waals surface area contributed by atoms with Crippen LogP contribution >= 0.6 is 0 Å². The van der Waals surface area contributed by atoms with E-state index in [1.807, 2.05) is 11.0 Å². The maximum Gasteiger partial charge on any atom is 0.321 e. The number of rotatable bonds is 2. The number of anilines is 1. The number of carbonyl (C=O) groups is 2. The third-order valence-electron chi connectivity index (χ3n) is 4.22. The van der Waals surface area contributed by atoms with E-state index in [1.165, 1.54) is 6.92 Å². The van der Waals surface area contributed by atoms with Gasteiger partial charge in [-0.3, -0.25) is 4.79 Å². The molecular formula is C17H24N2O2. The number of hydrogen-bond acceptors (Lipinski definition) is 2. The average molecular weight is 288 g/mol. The summed E-state index contributed by atoms with van der Waals surface area (Å²) in [6.07, 6.45) is 1.05. The molecule has 0 saturated carbocycles. The van der Waals surface area contributed by atoms with E-state index in [2.05, 4.69) is 26.1 Å². The van der Waals surface area contributed by atoms with Gasteiger partial charge in [-0.05, 0) is 36.8 Å². The zero-order valence-corrected chi connectivity index (χ0v) is 13.3. The summed E-state index contributed by atoms with van der Waals surface area (Å²) in [6, 6.07) is 6.99. The summed E-state index contributed by atoms with van der Waals surface area (Å²) in [6.45, 7) is 9.76. The topological polar surface area (TPSA) is 49.4 Å². The molecule has 1 aliphatic heterocycles. The van der Waals surface area contributed by atoms with Crippen molar-refractivity contribution in [3.63, 3.8) is 0 Å². The number of nitrogens with one attached hydrogen (secondary N) is 1. The minimum Gasteiger partial charge on any atom is -0.324 e. The fourth-order valence-electron chi connectivity index (χ4n) is 2.67. The Morgan fingerprint density at radius 3 is 2.57 bits per heavy atom. The molecule has 1 N–H and O–H groups in total. The highest BCUT2D eigenvalue weighted by Gasteiger charge is 2.33. The van der Waals surface area contributed by atoms with Gasteiger partial charge in [-0.2, -0.15) is 0 Å². The van der Waals surface area contributed by atoms with Gasteiger partial charge in [0, 0.05) is 24.3 Å². The van der Waals surface area contributed by atoms with Crippen LogP contribution in [0.3, 0.4) is 0 Å². The molecule has 1 aromatic rings. The van der Waals surface area contributed by atoms with Crippen LogP contribution in [-0.4, -0.2) is 29.8 Å². The van der Waals surface area contributed by atoms with Gasteiger partial charge in [0.2, 0.25) is 0 Å². The van der Waals surface area contributed by atoms with E-state index in [9.17, 15) is 9.59 Å². The minimum absolute atomic E-state index is 0.0000630. The molecule has 2 amide bonds. The van der Waals surface area contributed by atoms with Gasteiger partial charge in [-0.15, -0.1) is 0 Å². The Bertz CT molecular complexity index is 546. The number of carbonyl (C=O) groups excluding carboxylic acids is 2. The van der Waals surface area contributed by atoms with Crippen molar-refractivity contribution in [2.24, 2.45) is 11.3 Å². The van der Waals surface area contributed by atoms with E-state index in [0.29, 0.717) is 17.2 Å². The van der Waals surface area contributed by atoms with E-state index < -0.39 is 0 Å². The fourth-order valence-corrected chi connectivity index (χ4v) is 2.67. The monoisotopic (exact) mass is 288 g/mol. The van der Waals surface area contributed by atoms with Crippen LogP contribution in [0.2, 0.25) is 0 Å². The van der Waals surface area contributed by atoms with Crippen LogP contribution in [0.15, 0.2) is 24.3 Å². The standard InChI is InChI=1S/C17H24N2O2/c1-12(20)13-6-5-7-15(10-13)18-16(21)19-9-8-14(11-19)17(2,3)4/h5-7,10,14H,8-9,11H2,1-4H3,(H,18,21). The smallest absolute Gasteiger partial charge is 0.321 e. The molecule has 0 radical (unpaired) electrons. The molecule has 4 nitrogen and oxygen atoms in total. The van der Waals surface area contributed by atoms with E-state index in [1.54, 1.807) is 18.2 Å². The zero-order chi connectivity index (χ0) is 15.6. The van der Waals surface area contributed by atoms with Crippen LogP contribution in [0.25, 0.3) is 0 Å². The number of benzene rings is 1. The van der Waals surface area contributed by atoms with Crippen molar-refractivity contribution >= 4 is 17.5 Å². The van der Waals surface area contributed by atoms with Gasteiger partial charge in [0.25, 0.3) is 0 Å². The number of Topliss-reactive ketones (excluding diaryl/α,β-unsaturated/α-hetero) is 1. The molecule has 114 valence electrons. The van der Waals surface area contributed by atoms with E-state index in [-0.39, 0.29) is 17.2 Å². The van der Waals surface area contributed by atoms with Crippen molar-refractivity contribution in [3.05, 3.63) is 29.8 Å². The average Bonchev–Trinajstić information content (AvgIpc) is 2.88. The second-order valence-corrected chi connectivity index (χ2v) is 6.86. The third-order valence-corrected chi connectivity index (χ3v) is 4.22. The first-order valence-electron chi connectivity index (χ1n) is 7.44. The maximum atomic E-state index is 12.3. The van der Waals surface area contributed by atoms with Gasteiger partial charge in [0.15, 0.2) is 5.78 Å². The highest BCUT2D eigenvalue weighted by Crippen LogP contribution is 2.33. The molecule has 0 aliphatic carbocycles. The largest absolute Gasteiger partial charge is 0.324 e. The Morgan fingerprint density at radius 2 is 2.00 bits per heavy atom. The van der Waals surface area contributed by atoms with Crippen LogP contribution in [-0.2, 0) is 0 Å². The summed E-state index contributed by atoms with van der Waals surface area (Å²) >= 11 is 0. The first-order chi connectivity index (χ1) is 9.77. The Labute approximate surface area is 126 Å². The molecule has 1 heterocycles. The van der Waals surface area contributed by atoms with Crippen molar-refractivity contribution in [2.45, 2.75) is 34.1 Å². The Balaban J connectivity index is 2.00. The van der Waals surface area contributed by atoms with Crippen molar-refractivity contribution in [3.8, 4) is 0 Å².